The minimum absolute atomic E-state index is 0.112. The van der Waals surface area contributed by atoms with Crippen molar-refractivity contribution in [2.45, 2.75) is 6.92 Å². The van der Waals surface area contributed by atoms with Gasteiger partial charge in [-0.3, -0.25) is 4.79 Å². The summed E-state index contributed by atoms with van der Waals surface area (Å²) in [4.78, 5) is 16.8. The van der Waals surface area contributed by atoms with Crippen LogP contribution < -0.4 is 9.64 Å². The molecule has 1 aliphatic rings. The monoisotopic (exact) mass is 344 g/mol. The van der Waals surface area contributed by atoms with Gasteiger partial charge in [-0.25, -0.2) is 0 Å². The fourth-order valence-corrected chi connectivity index (χ4v) is 3.25. The Morgan fingerprint density at radius 1 is 1.08 bits per heavy atom. The van der Waals surface area contributed by atoms with Gasteiger partial charge in [-0.2, -0.15) is 0 Å². The van der Waals surface area contributed by atoms with Crippen LogP contribution in [0.3, 0.4) is 0 Å². The number of piperazine rings is 1. The lowest BCUT2D eigenvalue weighted by Gasteiger charge is -2.36. The molecule has 0 aromatic heterocycles. The van der Waals surface area contributed by atoms with E-state index < -0.39 is 0 Å². The van der Waals surface area contributed by atoms with Crippen LogP contribution in [0, 0.1) is 6.92 Å². The predicted octanol–water partition coefficient (Wildman–Crippen LogP) is 3.62. The second kappa shape index (κ2) is 7.14. The molecule has 0 atom stereocenters. The van der Waals surface area contributed by atoms with Crippen LogP contribution in [-0.4, -0.2) is 44.1 Å². The third-order valence-electron chi connectivity index (χ3n) is 4.44. The number of carbonyl (C=O) groups is 1. The van der Waals surface area contributed by atoms with E-state index in [1.807, 2.05) is 54.3 Å². The first kappa shape index (κ1) is 16.7. The number of benzene rings is 2. The molecule has 0 unspecified atom stereocenters. The van der Waals surface area contributed by atoms with Crippen LogP contribution in [0.25, 0.3) is 0 Å². The molecule has 1 heterocycles. The standard InChI is InChI=1S/C19H21ClN2O2/c1-14-5-3-4-6-16(14)19(23)22-11-9-21(10-12-22)15-7-8-18(24-2)17(20)13-15/h3-8,13H,9-12H2,1-2H3. The molecule has 3 rings (SSSR count). The van der Waals surface area contributed by atoms with E-state index in [-0.39, 0.29) is 5.91 Å². The van der Waals surface area contributed by atoms with E-state index in [4.69, 9.17) is 16.3 Å². The number of amides is 1. The van der Waals surface area contributed by atoms with Gasteiger partial charge < -0.3 is 14.5 Å². The van der Waals surface area contributed by atoms with E-state index in [9.17, 15) is 4.79 Å². The number of methoxy groups -OCH3 is 1. The van der Waals surface area contributed by atoms with Crippen LogP contribution in [-0.2, 0) is 0 Å². The van der Waals surface area contributed by atoms with Crippen LogP contribution in [0.15, 0.2) is 42.5 Å². The number of halogens is 1. The Kier molecular flexibility index (Phi) is 4.95. The lowest BCUT2D eigenvalue weighted by Crippen LogP contribution is -2.48. The fourth-order valence-electron chi connectivity index (χ4n) is 3.00. The van der Waals surface area contributed by atoms with Gasteiger partial charge in [-0.05, 0) is 36.8 Å². The Balaban J connectivity index is 1.66. The highest BCUT2D eigenvalue weighted by atomic mass is 35.5. The van der Waals surface area contributed by atoms with Gasteiger partial charge in [0.15, 0.2) is 0 Å². The second-order valence-corrected chi connectivity index (χ2v) is 6.32. The summed E-state index contributed by atoms with van der Waals surface area (Å²) >= 11 is 6.21. The number of nitrogens with zero attached hydrogens (tertiary/aromatic N) is 2. The Labute approximate surface area is 147 Å². The summed E-state index contributed by atoms with van der Waals surface area (Å²) in [6.07, 6.45) is 0. The predicted molar refractivity (Wildman–Crippen MR) is 97.3 cm³/mol. The highest BCUT2D eigenvalue weighted by molar-refractivity contribution is 6.32. The lowest BCUT2D eigenvalue weighted by molar-refractivity contribution is 0.0746. The van der Waals surface area contributed by atoms with Gasteiger partial charge in [-0.15, -0.1) is 0 Å². The normalized spacial score (nSPS) is 14.6. The molecule has 1 amide bonds. The summed E-state index contributed by atoms with van der Waals surface area (Å²) in [6, 6.07) is 13.5. The molecule has 0 aliphatic carbocycles. The summed E-state index contributed by atoms with van der Waals surface area (Å²) in [5, 5.41) is 0.605. The summed E-state index contributed by atoms with van der Waals surface area (Å²) in [5.41, 5.74) is 2.87. The highest BCUT2D eigenvalue weighted by Crippen LogP contribution is 2.29. The van der Waals surface area contributed by atoms with Crippen molar-refractivity contribution in [1.82, 2.24) is 4.90 Å². The number of carbonyl (C=O) groups excluding carboxylic acids is 1. The van der Waals surface area contributed by atoms with Gasteiger partial charge in [0.1, 0.15) is 5.75 Å². The molecule has 0 bridgehead atoms. The third kappa shape index (κ3) is 3.34. The number of ether oxygens (including phenoxy) is 1. The van der Waals surface area contributed by atoms with Crippen LogP contribution in [0.1, 0.15) is 15.9 Å². The first-order chi connectivity index (χ1) is 11.6. The molecule has 1 fully saturated rings. The van der Waals surface area contributed by atoms with Crippen LogP contribution in [0.5, 0.6) is 5.75 Å². The first-order valence-corrected chi connectivity index (χ1v) is 8.41. The van der Waals surface area contributed by atoms with Gasteiger partial charge in [0.25, 0.3) is 5.91 Å². The average molecular weight is 345 g/mol. The van der Waals surface area contributed by atoms with Crippen molar-refractivity contribution < 1.29 is 9.53 Å². The van der Waals surface area contributed by atoms with Gasteiger partial charge in [0.05, 0.1) is 12.1 Å². The summed E-state index contributed by atoms with van der Waals surface area (Å²) < 4.78 is 5.19. The molecule has 0 saturated carbocycles. The van der Waals surface area contributed by atoms with Crippen molar-refractivity contribution in [3.63, 3.8) is 0 Å². The maximum Gasteiger partial charge on any atom is 0.254 e. The minimum atomic E-state index is 0.112. The fraction of sp³-hybridized carbons (Fsp3) is 0.316. The molecule has 1 aliphatic heterocycles. The maximum atomic E-state index is 12.7. The first-order valence-electron chi connectivity index (χ1n) is 8.03. The van der Waals surface area contributed by atoms with E-state index in [0.717, 1.165) is 29.9 Å². The third-order valence-corrected chi connectivity index (χ3v) is 4.74. The van der Waals surface area contributed by atoms with Gasteiger partial charge in [0, 0.05) is 37.4 Å². The van der Waals surface area contributed by atoms with Gasteiger partial charge in [0.2, 0.25) is 0 Å². The number of anilines is 1. The van der Waals surface area contributed by atoms with E-state index in [1.54, 1.807) is 7.11 Å². The molecule has 4 nitrogen and oxygen atoms in total. The van der Waals surface area contributed by atoms with Gasteiger partial charge >= 0.3 is 0 Å². The molecule has 2 aromatic carbocycles. The molecule has 0 spiro atoms. The average Bonchev–Trinajstić information content (AvgIpc) is 2.61. The van der Waals surface area contributed by atoms with E-state index >= 15 is 0 Å². The van der Waals surface area contributed by atoms with Crippen molar-refractivity contribution in [3.05, 3.63) is 58.6 Å². The molecule has 126 valence electrons. The van der Waals surface area contributed by atoms with E-state index in [1.165, 1.54) is 0 Å². The molecule has 2 aromatic rings. The molecule has 1 saturated heterocycles. The highest BCUT2D eigenvalue weighted by Gasteiger charge is 2.23. The Bertz CT molecular complexity index is 740. The van der Waals surface area contributed by atoms with Crippen LogP contribution >= 0.6 is 11.6 Å². The number of hydrogen-bond donors (Lipinski definition) is 0. The SMILES string of the molecule is COc1ccc(N2CCN(C(=O)c3ccccc3C)CC2)cc1Cl. The zero-order valence-corrected chi connectivity index (χ0v) is 14.7. The van der Waals surface area contributed by atoms with Crippen molar-refractivity contribution in [3.8, 4) is 5.75 Å². The lowest BCUT2D eigenvalue weighted by atomic mass is 10.1. The molecular formula is C19H21ClN2O2. The van der Waals surface area contributed by atoms with Crippen LogP contribution in [0.4, 0.5) is 5.69 Å². The molecule has 0 radical (unpaired) electrons. The topological polar surface area (TPSA) is 32.8 Å². The number of aryl methyl sites for hydroxylation is 1. The van der Waals surface area contributed by atoms with Crippen molar-refractivity contribution in [1.29, 1.82) is 0 Å². The minimum Gasteiger partial charge on any atom is -0.495 e. The number of hydrogen-bond acceptors (Lipinski definition) is 3. The molecule has 5 heteroatoms. The zero-order valence-electron chi connectivity index (χ0n) is 14.0. The largest absolute Gasteiger partial charge is 0.495 e. The maximum absolute atomic E-state index is 12.7. The van der Waals surface area contributed by atoms with Crippen molar-refractivity contribution in [2.75, 3.05) is 38.2 Å². The van der Waals surface area contributed by atoms with E-state index in [0.29, 0.717) is 23.9 Å². The number of rotatable bonds is 3. The quantitative estimate of drug-likeness (QED) is 0.852. The van der Waals surface area contributed by atoms with Crippen molar-refractivity contribution in [2.24, 2.45) is 0 Å². The smallest absolute Gasteiger partial charge is 0.254 e. The Morgan fingerprint density at radius 2 is 1.79 bits per heavy atom. The molecule has 24 heavy (non-hydrogen) atoms. The van der Waals surface area contributed by atoms with E-state index in [2.05, 4.69) is 4.90 Å². The van der Waals surface area contributed by atoms with Crippen LogP contribution in [0.2, 0.25) is 5.02 Å². The molecular weight excluding hydrogens is 324 g/mol. The summed E-state index contributed by atoms with van der Waals surface area (Å²) in [6.45, 7) is 4.97. The summed E-state index contributed by atoms with van der Waals surface area (Å²) in [7, 11) is 1.61. The molecule has 0 N–H and O–H groups in total. The Hall–Kier alpha value is -2.20. The summed E-state index contributed by atoms with van der Waals surface area (Å²) in [5.74, 6) is 0.786. The Morgan fingerprint density at radius 3 is 2.42 bits per heavy atom. The second-order valence-electron chi connectivity index (χ2n) is 5.91. The van der Waals surface area contributed by atoms with Gasteiger partial charge in [-0.1, -0.05) is 29.8 Å². The zero-order chi connectivity index (χ0) is 17.1. The van der Waals surface area contributed by atoms with Crippen molar-refractivity contribution >= 4 is 23.2 Å².